The van der Waals surface area contributed by atoms with E-state index in [1.54, 1.807) is 42.1 Å². The molecule has 0 fully saturated rings. The average molecular weight is 409 g/mol. The number of nitrogens with zero attached hydrogens (tertiary/aromatic N) is 4. The standard InChI is InChI=1S/C20H17ClN6O2/c1-12-3-5-13(6-4-12)11-22-25-19-23-17-16(18(28)24-20(29)26(17)2)27(19)15-9-7-14(21)8-10-15/h3-11H,1-2H3,(H,23,25)(H,24,28,29)/b22-11-. The van der Waals surface area contributed by atoms with Crippen molar-refractivity contribution in [1.29, 1.82) is 0 Å². The predicted octanol–water partition coefficient (Wildman–Crippen LogP) is 2.82. The van der Waals surface area contributed by atoms with Crippen molar-refractivity contribution in [2.24, 2.45) is 12.1 Å². The fourth-order valence-corrected chi connectivity index (χ4v) is 3.04. The normalized spacial score (nSPS) is 11.4. The van der Waals surface area contributed by atoms with Crippen molar-refractivity contribution in [1.82, 2.24) is 19.1 Å². The second-order valence-corrected chi connectivity index (χ2v) is 6.95. The third-order valence-electron chi connectivity index (χ3n) is 4.46. The monoisotopic (exact) mass is 408 g/mol. The minimum Gasteiger partial charge on any atom is -0.279 e. The summed E-state index contributed by atoms with van der Waals surface area (Å²) in [5.74, 6) is 0.289. The number of fused-ring (bicyclic) bond motifs is 1. The minimum atomic E-state index is -0.544. The van der Waals surface area contributed by atoms with Gasteiger partial charge in [0.2, 0.25) is 5.95 Å². The number of hydrogen-bond donors (Lipinski definition) is 2. The summed E-state index contributed by atoms with van der Waals surface area (Å²) in [6, 6.07) is 14.8. The summed E-state index contributed by atoms with van der Waals surface area (Å²) in [6.07, 6.45) is 1.65. The zero-order valence-corrected chi connectivity index (χ0v) is 16.4. The molecule has 2 N–H and O–H groups in total. The molecule has 0 saturated carbocycles. The van der Waals surface area contributed by atoms with Crippen LogP contribution in [-0.4, -0.2) is 25.3 Å². The van der Waals surface area contributed by atoms with Crippen LogP contribution in [0.15, 0.2) is 63.2 Å². The number of aromatic nitrogens is 4. The van der Waals surface area contributed by atoms with Gasteiger partial charge in [-0.25, -0.2) is 10.2 Å². The van der Waals surface area contributed by atoms with Gasteiger partial charge in [-0.05, 0) is 36.8 Å². The highest BCUT2D eigenvalue weighted by Crippen LogP contribution is 2.23. The zero-order valence-electron chi connectivity index (χ0n) is 15.7. The molecule has 0 aliphatic carbocycles. The number of anilines is 1. The van der Waals surface area contributed by atoms with Crippen molar-refractivity contribution in [3.05, 3.63) is 85.5 Å². The van der Waals surface area contributed by atoms with Crippen molar-refractivity contribution in [2.75, 3.05) is 5.43 Å². The molecule has 29 heavy (non-hydrogen) atoms. The lowest BCUT2D eigenvalue weighted by Gasteiger charge is -2.08. The Bertz CT molecular complexity index is 1330. The van der Waals surface area contributed by atoms with Gasteiger partial charge in [0.1, 0.15) is 0 Å². The lowest BCUT2D eigenvalue weighted by molar-refractivity contribution is 0.831. The van der Waals surface area contributed by atoms with Gasteiger partial charge in [0.25, 0.3) is 5.56 Å². The Balaban J connectivity index is 1.85. The fraction of sp³-hybridized carbons (Fsp3) is 0.100. The lowest BCUT2D eigenvalue weighted by atomic mass is 10.2. The minimum absolute atomic E-state index is 0.224. The Labute approximate surface area is 170 Å². The van der Waals surface area contributed by atoms with Crippen molar-refractivity contribution in [3.63, 3.8) is 0 Å². The maximum atomic E-state index is 12.5. The summed E-state index contributed by atoms with van der Waals surface area (Å²) in [6.45, 7) is 2.01. The molecule has 0 bridgehead atoms. The number of H-pyrrole nitrogens is 1. The van der Waals surface area contributed by atoms with Gasteiger partial charge in [-0.3, -0.25) is 18.9 Å². The third-order valence-corrected chi connectivity index (χ3v) is 4.71. The van der Waals surface area contributed by atoms with E-state index in [-0.39, 0.29) is 17.1 Å². The third kappa shape index (κ3) is 3.57. The van der Waals surface area contributed by atoms with E-state index < -0.39 is 11.2 Å². The van der Waals surface area contributed by atoms with Crippen molar-refractivity contribution < 1.29 is 0 Å². The predicted molar refractivity (Wildman–Crippen MR) is 114 cm³/mol. The van der Waals surface area contributed by atoms with Crippen LogP contribution in [0.5, 0.6) is 0 Å². The van der Waals surface area contributed by atoms with Crippen LogP contribution in [0.4, 0.5) is 5.95 Å². The highest BCUT2D eigenvalue weighted by atomic mass is 35.5. The van der Waals surface area contributed by atoms with Crippen molar-refractivity contribution in [3.8, 4) is 5.69 Å². The first-order chi connectivity index (χ1) is 13.9. The molecule has 0 amide bonds. The van der Waals surface area contributed by atoms with E-state index >= 15 is 0 Å². The van der Waals surface area contributed by atoms with Crippen LogP contribution in [0.2, 0.25) is 5.02 Å². The molecule has 2 heterocycles. The molecular formula is C20H17ClN6O2. The highest BCUT2D eigenvalue weighted by Gasteiger charge is 2.18. The number of aryl methyl sites for hydroxylation is 2. The Kier molecular flexibility index (Phi) is 4.77. The average Bonchev–Trinajstić information content (AvgIpc) is 3.08. The van der Waals surface area contributed by atoms with Crippen LogP contribution in [0.1, 0.15) is 11.1 Å². The van der Waals surface area contributed by atoms with Gasteiger partial charge in [0.15, 0.2) is 11.2 Å². The smallest absolute Gasteiger partial charge is 0.279 e. The molecule has 2 aromatic heterocycles. The summed E-state index contributed by atoms with van der Waals surface area (Å²) in [7, 11) is 1.54. The molecule has 0 aliphatic rings. The first kappa shape index (κ1) is 18.7. The molecule has 9 heteroatoms. The lowest BCUT2D eigenvalue weighted by Crippen LogP contribution is -2.29. The van der Waals surface area contributed by atoms with Crippen LogP contribution in [0.3, 0.4) is 0 Å². The molecule has 0 aliphatic heterocycles. The molecule has 2 aromatic carbocycles. The van der Waals surface area contributed by atoms with E-state index in [1.807, 2.05) is 31.2 Å². The van der Waals surface area contributed by atoms with Crippen molar-refractivity contribution >= 4 is 34.9 Å². The van der Waals surface area contributed by atoms with E-state index in [4.69, 9.17) is 11.6 Å². The second-order valence-electron chi connectivity index (χ2n) is 6.52. The number of hydrazone groups is 1. The van der Waals surface area contributed by atoms with Crippen LogP contribution in [0, 0.1) is 6.92 Å². The summed E-state index contributed by atoms with van der Waals surface area (Å²) in [4.78, 5) is 31.2. The van der Waals surface area contributed by atoms with E-state index in [0.29, 0.717) is 10.7 Å². The van der Waals surface area contributed by atoms with Crippen molar-refractivity contribution in [2.45, 2.75) is 6.92 Å². The quantitative estimate of drug-likeness (QED) is 0.401. The van der Waals surface area contributed by atoms with E-state index in [2.05, 4.69) is 20.5 Å². The van der Waals surface area contributed by atoms with Gasteiger partial charge in [0.05, 0.1) is 6.21 Å². The Morgan fingerprint density at radius 2 is 1.79 bits per heavy atom. The summed E-state index contributed by atoms with van der Waals surface area (Å²) in [5.41, 5.74) is 4.96. The van der Waals surface area contributed by atoms with Gasteiger partial charge < -0.3 is 0 Å². The number of halogens is 1. The molecule has 146 valence electrons. The zero-order chi connectivity index (χ0) is 20.5. The number of hydrogen-bond acceptors (Lipinski definition) is 5. The number of benzene rings is 2. The molecule has 0 radical (unpaired) electrons. The van der Waals surface area contributed by atoms with Crippen LogP contribution < -0.4 is 16.7 Å². The first-order valence-corrected chi connectivity index (χ1v) is 9.15. The number of nitrogens with one attached hydrogen (secondary N) is 2. The molecule has 0 saturated heterocycles. The molecule has 0 spiro atoms. The number of rotatable bonds is 4. The van der Waals surface area contributed by atoms with E-state index in [9.17, 15) is 9.59 Å². The van der Waals surface area contributed by atoms with Gasteiger partial charge in [0, 0.05) is 17.8 Å². The van der Waals surface area contributed by atoms with E-state index in [0.717, 1.165) is 11.1 Å². The number of imidazole rings is 1. The highest BCUT2D eigenvalue weighted by molar-refractivity contribution is 6.30. The second kappa shape index (κ2) is 7.40. The first-order valence-electron chi connectivity index (χ1n) is 8.77. The molecule has 0 atom stereocenters. The summed E-state index contributed by atoms with van der Waals surface area (Å²) >= 11 is 5.99. The maximum Gasteiger partial charge on any atom is 0.329 e. The Morgan fingerprint density at radius 1 is 1.10 bits per heavy atom. The topological polar surface area (TPSA) is 97.1 Å². The molecule has 4 aromatic rings. The fourth-order valence-electron chi connectivity index (χ4n) is 2.92. The summed E-state index contributed by atoms with van der Waals surface area (Å²) in [5, 5.41) is 4.80. The maximum absolute atomic E-state index is 12.5. The van der Waals surface area contributed by atoms with Gasteiger partial charge in [-0.15, -0.1) is 0 Å². The molecule has 0 unspecified atom stereocenters. The van der Waals surface area contributed by atoms with Crippen LogP contribution in [0.25, 0.3) is 16.9 Å². The number of aromatic amines is 1. The van der Waals surface area contributed by atoms with Gasteiger partial charge in [-0.1, -0.05) is 41.4 Å². The summed E-state index contributed by atoms with van der Waals surface area (Å²) < 4.78 is 2.87. The van der Waals surface area contributed by atoms with Gasteiger partial charge >= 0.3 is 5.69 Å². The van der Waals surface area contributed by atoms with Crippen LogP contribution >= 0.6 is 11.6 Å². The molecular weight excluding hydrogens is 392 g/mol. The molecule has 8 nitrogen and oxygen atoms in total. The Morgan fingerprint density at radius 3 is 2.48 bits per heavy atom. The van der Waals surface area contributed by atoms with Gasteiger partial charge in [-0.2, -0.15) is 10.1 Å². The molecule has 4 rings (SSSR count). The SMILES string of the molecule is Cc1ccc(/C=N\Nc2nc3c(c(=O)[nH]c(=O)n3C)n2-c2ccc(Cl)cc2)cc1. The van der Waals surface area contributed by atoms with E-state index in [1.165, 1.54) is 4.57 Å². The Hall–Kier alpha value is -3.65. The largest absolute Gasteiger partial charge is 0.329 e. The van der Waals surface area contributed by atoms with Crippen LogP contribution in [-0.2, 0) is 7.05 Å².